The van der Waals surface area contributed by atoms with Gasteiger partial charge in [0, 0.05) is 29.4 Å². The first kappa shape index (κ1) is 15.0. The summed E-state index contributed by atoms with van der Waals surface area (Å²) >= 11 is 3.37. The lowest BCUT2D eigenvalue weighted by Crippen LogP contribution is -2.33. The number of nitrogens with zero attached hydrogens (tertiary/aromatic N) is 1. The summed E-state index contributed by atoms with van der Waals surface area (Å²) in [5.41, 5.74) is 0.566. The molecule has 1 amide bonds. The van der Waals surface area contributed by atoms with Crippen LogP contribution in [0.2, 0.25) is 0 Å². The summed E-state index contributed by atoms with van der Waals surface area (Å²) in [6.07, 6.45) is 0.901. The van der Waals surface area contributed by atoms with Gasteiger partial charge in [0.05, 0.1) is 0 Å². The number of carbonyl (C=O) groups is 1. The third-order valence-electron chi connectivity index (χ3n) is 3.24. The van der Waals surface area contributed by atoms with Crippen LogP contribution in [-0.4, -0.2) is 29.2 Å². The van der Waals surface area contributed by atoms with E-state index in [0.717, 1.165) is 11.8 Å². The van der Waals surface area contributed by atoms with Gasteiger partial charge in [-0.25, -0.2) is 4.39 Å². The zero-order valence-electron chi connectivity index (χ0n) is 11.4. The minimum atomic E-state index is -0.292. The Morgan fingerprint density at radius 2 is 1.85 bits per heavy atom. The Morgan fingerprint density at radius 1 is 1.15 bits per heavy atom. The van der Waals surface area contributed by atoms with E-state index < -0.39 is 0 Å². The quantitative estimate of drug-likeness (QED) is 0.748. The van der Waals surface area contributed by atoms with E-state index in [0.29, 0.717) is 29.4 Å². The van der Waals surface area contributed by atoms with E-state index in [1.54, 1.807) is 29.2 Å². The van der Waals surface area contributed by atoms with Crippen molar-refractivity contribution >= 4 is 32.6 Å². The van der Waals surface area contributed by atoms with Crippen LogP contribution in [0.1, 0.15) is 23.7 Å². The van der Waals surface area contributed by atoms with Crippen molar-refractivity contribution < 1.29 is 9.18 Å². The molecule has 0 spiro atoms. The van der Waals surface area contributed by atoms with E-state index in [2.05, 4.69) is 15.9 Å². The fourth-order valence-electron chi connectivity index (χ4n) is 2.31. The maximum absolute atomic E-state index is 13.8. The lowest BCUT2D eigenvalue weighted by atomic mass is 10.0. The average Bonchev–Trinajstić information content (AvgIpc) is 2.47. The Hall–Kier alpha value is -1.42. The average molecular weight is 338 g/mol. The van der Waals surface area contributed by atoms with Crippen molar-refractivity contribution in [1.82, 2.24) is 4.90 Å². The second kappa shape index (κ2) is 6.84. The zero-order chi connectivity index (χ0) is 14.5. The van der Waals surface area contributed by atoms with Crippen LogP contribution in [0.25, 0.3) is 10.8 Å². The fraction of sp³-hybridized carbons (Fsp3) is 0.312. The van der Waals surface area contributed by atoms with E-state index in [-0.39, 0.29) is 11.7 Å². The monoisotopic (exact) mass is 337 g/mol. The van der Waals surface area contributed by atoms with Crippen LogP contribution < -0.4 is 0 Å². The standard InChI is InChI=1S/C16H17BrFNO/c1-2-10-19(11-9-17)16(20)14-7-8-15(18)13-6-4-3-5-12(13)14/h3-8H,2,9-11H2,1H3. The molecule has 0 aliphatic carbocycles. The van der Waals surface area contributed by atoms with Crippen LogP contribution in [0.5, 0.6) is 0 Å². The SMILES string of the molecule is CCCN(CCBr)C(=O)c1ccc(F)c2ccccc12. The van der Waals surface area contributed by atoms with Crippen LogP contribution in [0.4, 0.5) is 4.39 Å². The van der Waals surface area contributed by atoms with Gasteiger partial charge in [0.15, 0.2) is 0 Å². The van der Waals surface area contributed by atoms with Gasteiger partial charge in [0.2, 0.25) is 0 Å². The highest BCUT2D eigenvalue weighted by Crippen LogP contribution is 2.23. The number of hydrogen-bond donors (Lipinski definition) is 0. The van der Waals surface area contributed by atoms with E-state index in [1.165, 1.54) is 6.07 Å². The van der Waals surface area contributed by atoms with Gasteiger partial charge in [-0.15, -0.1) is 0 Å². The molecular weight excluding hydrogens is 321 g/mol. The minimum Gasteiger partial charge on any atom is -0.338 e. The highest BCUT2D eigenvalue weighted by Gasteiger charge is 2.17. The minimum absolute atomic E-state index is 0.0394. The lowest BCUT2D eigenvalue weighted by molar-refractivity contribution is 0.0768. The Labute approximate surface area is 126 Å². The molecule has 0 radical (unpaired) electrons. The maximum atomic E-state index is 13.8. The summed E-state index contributed by atoms with van der Waals surface area (Å²) in [6.45, 7) is 3.39. The number of halogens is 2. The first-order valence-electron chi connectivity index (χ1n) is 6.71. The largest absolute Gasteiger partial charge is 0.338 e. The molecule has 2 aromatic carbocycles. The second-order valence-corrected chi connectivity index (χ2v) is 5.41. The van der Waals surface area contributed by atoms with Gasteiger partial charge in [0.1, 0.15) is 5.82 Å². The molecule has 0 aliphatic heterocycles. The third-order valence-corrected chi connectivity index (χ3v) is 3.59. The summed E-state index contributed by atoms with van der Waals surface area (Å²) in [6, 6.07) is 10.1. The van der Waals surface area contributed by atoms with Gasteiger partial charge in [0.25, 0.3) is 5.91 Å². The molecule has 4 heteroatoms. The third kappa shape index (κ3) is 3.01. The van der Waals surface area contributed by atoms with Gasteiger partial charge in [-0.2, -0.15) is 0 Å². The van der Waals surface area contributed by atoms with Crippen molar-refractivity contribution in [2.75, 3.05) is 18.4 Å². The molecule has 0 atom stereocenters. The van der Waals surface area contributed by atoms with Gasteiger partial charge in [-0.3, -0.25) is 4.79 Å². The molecule has 0 heterocycles. The van der Waals surface area contributed by atoms with E-state index >= 15 is 0 Å². The zero-order valence-corrected chi connectivity index (χ0v) is 13.0. The predicted octanol–water partition coefficient (Wildman–Crippen LogP) is 4.23. The van der Waals surface area contributed by atoms with Gasteiger partial charge in [-0.1, -0.05) is 47.1 Å². The van der Waals surface area contributed by atoms with E-state index in [4.69, 9.17) is 0 Å². The molecule has 2 rings (SSSR count). The van der Waals surface area contributed by atoms with Gasteiger partial charge in [-0.05, 0) is 23.9 Å². The highest BCUT2D eigenvalue weighted by atomic mass is 79.9. The number of benzene rings is 2. The molecule has 0 aliphatic rings. The van der Waals surface area contributed by atoms with Crippen LogP contribution in [0.15, 0.2) is 36.4 Å². The highest BCUT2D eigenvalue weighted by molar-refractivity contribution is 9.09. The first-order valence-corrected chi connectivity index (χ1v) is 7.83. The number of alkyl halides is 1. The van der Waals surface area contributed by atoms with Crippen LogP contribution >= 0.6 is 15.9 Å². The Morgan fingerprint density at radius 3 is 2.50 bits per heavy atom. The molecule has 0 unspecified atom stereocenters. The smallest absolute Gasteiger partial charge is 0.254 e. The Kier molecular flexibility index (Phi) is 5.12. The molecule has 0 aromatic heterocycles. The summed E-state index contributed by atoms with van der Waals surface area (Å²) < 4.78 is 13.8. The molecule has 0 N–H and O–H groups in total. The molecule has 0 fully saturated rings. The van der Waals surface area contributed by atoms with Crippen LogP contribution in [0, 0.1) is 5.82 Å². The summed E-state index contributed by atoms with van der Waals surface area (Å²) in [7, 11) is 0. The van der Waals surface area contributed by atoms with Crippen molar-refractivity contribution in [3.8, 4) is 0 Å². The molecule has 0 saturated carbocycles. The predicted molar refractivity (Wildman–Crippen MR) is 83.9 cm³/mol. The second-order valence-electron chi connectivity index (χ2n) is 4.62. The first-order chi connectivity index (χ1) is 9.69. The van der Waals surface area contributed by atoms with E-state index in [1.807, 2.05) is 13.0 Å². The van der Waals surface area contributed by atoms with Crippen LogP contribution in [-0.2, 0) is 0 Å². The Balaban J connectivity index is 2.46. The number of amides is 1. The molecule has 2 aromatic rings. The number of hydrogen-bond acceptors (Lipinski definition) is 1. The van der Waals surface area contributed by atoms with Crippen molar-refractivity contribution in [1.29, 1.82) is 0 Å². The fourth-order valence-corrected chi connectivity index (χ4v) is 2.73. The molecule has 0 saturated heterocycles. The molecule has 2 nitrogen and oxygen atoms in total. The lowest BCUT2D eigenvalue weighted by Gasteiger charge is -2.22. The van der Waals surface area contributed by atoms with Gasteiger partial charge < -0.3 is 4.90 Å². The summed E-state index contributed by atoms with van der Waals surface area (Å²) in [5, 5.41) is 1.90. The number of rotatable bonds is 5. The molecule has 106 valence electrons. The molecular formula is C16H17BrFNO. The number of fused-ring (bicyclic) bond motifs is 1. The van der Waals surface area contributed by atoms with Crippen molar-refractivity contribution in [2.24, 2.45) is 0 Å². The van der Waals surface area contributed by atoms with Crippen molar-refractivity contribution in [3.63, 3.8) is 0 Å². The number of carbonyl (C=O) groups excluding carboxylic acids is 1. The summed E-state index contributed by atoms with van der Waals surface area (Å²) in [5.74, 6) is -0.331. The maximum Gasteiger partial charge on any atom is 0.254 e. The van der Waals surface area contributed by atoms with Crippen LogP contribution in [0.3, 0.4) is 0 Å². The summed E-state index contributed by atoms with van der Waals surface area (Å²) in [4.78, 5) is 14.4. The van der Waals surface area contributed by atoms with Gasteiger partial charge >= 0.3 is 0 Å². The molecule has 20 heavy (non-hydrogen) atoms. The van der Waals surface area contributed by atoms with Crippen molar-refractivity contribution in [2.45, 2.75) is 13.3 Å². The normalized spacial score (nSPS) is 10.8. The van der Waals surface area contributed by atoms with Crippen molar-refractivity contribution in [3.05, 3.63) is 47.8 Å². The van der Waals surface area contributed by atoms with E-state index in [9.17, 15) is 9.18 Å². The Bertz CT molecular complexity index is 608. The topological polar surface area (TPSA) is 20.3 Å². The molecule has 0 bridgehead atoms.